The molecule has 0 radical (unpaired) electrons. The van der Waals surface area contributed by atoms with Crippen LogP contribution in [0.2, 0.25) is 0 Å². The van der Waals surface area contributed by atoms with E-state index in [0.29, 0.717) is 30.9 Å². The highest BCUT2D eigenvalue weighted by molar-refractivity contribution is 5.80. The fraction of sp³-hybridized carbons (Fsp3) is 0.469. The summed E-state index contributed by atoms with van der Waals surface area (Å²) >= 11 is 0. The van der Waals surface area contributed by atoms with Crippen molar-refractivity contribution in [2.75, 3.05) is 0 Å². The van der Waals surface area contributed by atoms with Gasteiger partial charge < -0.3 is 19.7 Å². The second kappa shape index (κ2) is 9.68. The Morgan fingerprint density at radius 1 is 1.14 bits per heavy atom. The topological polar surface area (TPSA) is 63.5 Å². The molecule has 0 aliphatic heterocycles. The Kier molecular flexibility index (Phi) is 6.36. The first kappa shape index (κ1) is 24.3. The molecule has 0 saturated heterocycles. The summed E-state index contributed by atoms with van der Waals surface area (Å²) in [7, 11) is 1.99. The number of benzene rings is 2. The van der Waals surface area contributed by atoms with E-state index in [2.05, 4.69) is 42.6 Å². The number of aryl methyl sites for hydroxylation is 2. The zero-order valence-electron chi connectivity index (χ0n) is 21.9. The number of rotatable bonds is 6. The lowest BCUT2D eigenvalue weighted by Gasteiger charge is -2.50. The van der Waals surface area contributed by atoms with E-state index in [1.807, 2.05) is 48.1 Å². The Bertz CT molecular complexity index is 1270. The number of hydrogen-bond acceptors (Lipinski definition) is 3. The molecule has 3 unspecified atom stereocenters. The third-order valence-electron chi connectivity index (χ3n) is 9.78. The second-order valence-corrected chi connectivity index (χ2v) is 11.7. The highest BCUT2D eigenvalue weighted by Crippen LogP contribution is 2.62. The number of hydrogen-bond donors (Lipinski definition) is 2. The van der Waals surface area contributed by atoms with E-state index in [-0.39, 0.29) is 17.2 Å². The van der Waals surface area contributed by atoms with Crippen molar-refractivity contribution in [3.8, 4) is 5.75 Å². The van der Waals surface area contributed by atoms with Gasteiger partial charge in [-0.1, -0.05) is 43.3 Å². The van der Waals surface area contributed by atoms with Crippen LogP contribution >= 0.6 is 0 Å². The number of carbonyl (C=O) groups is 1. The molecule has 3 aliphatic carbocycles. The van der Waals surface area contributed by atoms with Gasteiger partial charge in [-0.3, -0.25) is 4.79 Å². The largest absolute Gasteiger partial charge is 0.489 e. The molecule has 5 nitrogen and oxygen atoms in total. The van der Waals surface area contributed by atoms with Crippen molar-refractivity contribution in [3.63, 3.8) is 0 Å². The Balaban J connectivity index is 1.15. The van der Waals surface area contributed by atoms with Crippen LogP contribution in [0.1, 0.15) is 60.9 Å². The van der Waals surface area contributed by atoms with Crippen LogP contribution in [0.5, 0.6) is 5.75 Å². The molecule has 6 atom stereocenters. The fourth-order valence-electron chi connectivity index (χ4n) is 7.65. The molecule has 3 aliphatic rings. The van der Waals surface area contributed by atoms with Crippen LogP contribution in [-0.2, 0) is 31.4 Å². The van der Waals surface area contributed by atoms with Crippen LogP contribution in [0.3, 0.4) is 0 Å². The molecule has 6 rings (SSSR count). The van der Waals surface area contributed by atoms with Gasteiger partial charge in [0.1, 0.15) is 12.4 Å². The first-order valence-corrected chi connectivity index (χ1v) is 13.8. The fourth-order valence-corrected chi connectivity index (χ4v) is 7.65. The Labute approximate surface area is 219 Å². The number of nitrogens with one attached hydrogen (secondary N) is 1. The lowest BCUT2D eigenvalue weighted by molar-refractivity contribution is -0.129. The summed E-state index contributed by atoms with van der Waals surface area (Å²) in [6.07, 6.45) is 6.38. The molecule has 5 heteroatoms. The average Bonchev–Trinajstić information content (AvgIpc) is 3.45. The van der Waals surface area contributed by atoms with E-state index in [1.165, 1.54) is 16.7 Å². The standard InChI is InChI=1S/C32H38N2O3/c1-32-15-14-26-25-13-11-24(37-20-21-7-4-3-5-8-21)17-22(25)10-12-27(26)29(32)18-28(30(32)35)31(36)33-19-23-9-6-16-34(23)2/h3-9,11,13,16-17,26-30,35H,10,12,14-15,18-20H2,1-2H3,(H,33,36)/t26?,27?,28-,29?,30+,32+/m1/s1. The summed E-state index contributed by atoms with van der Waals surface area (Å²) < 4.78 is 8.13. The van der Waals surface area contributed by atoms with E-state index in [0.717, 1.165) is 43.5 Å². The predicted octanol–water partition coefficient (Wildman–Crippen LogP) is 5.36. The van der Waals surface area contributed by atoms with E-state index in [4.69, 9.17) is 4.74 Å². The number of fused-ring (bicyclic) bond motifs is 5. The van der Waals surface area contributed by atoms with Crippen LogP contribution in [0.4, 0.5) is 0 Å². The van der Waals surface area contributed by atoms with Crippen molar-refractivity contribution >= 4 is 5.91 Å². The molecule has 3 aromatic rings. The molecule has 1 heterocycles. The number of aliphatic hydroxyl groups excluding tert-OH is 1. The maximum absolute atomic E-state index is 13.2. The number of nitrogens with zero attached hydrogens (tertiary/aromatic N) is 1. The summed E-state index contributed by atoms with van der Waals surface area (Å²) in [6, 6.07) is 20.9. The van der Waals surface area contributed by atoms with E-state index >= 15 is 0 Å². The molecule has 2 fully saturated rings. The van der Waals surface area contributed by atoms with Gasteiger partial charge in [-0.15, -0.1) is 0 Å². The zero-order valence-corrected chi connectivity index (χ0v) is 21.9. The van der Waals surface area contributed by atoms with Gasteiger partial charge >= 0.3 is 0 Å². The lowest BCUT2D eigenvalue weighted by atomic mass is 9.55. The third-order valence-corrected chi connectivity index (χ3v) is 9.78. The molecule has 37 heavy (non-hydrogen) atoms. The lowest BCUT2D eigenvalue weighted by Crippen LogP contribution is -2.45. The molecule has 0 bridgehead atoms. The van der Waals surface area contributed by atoms with Crippen LogP contribution in [0.25, 0.3) is 0 Å². The Hall–Kier alpha value is -3.05. The van der Waals surface area contributed by atoms with Gasteiger partial charge in [0.05, 0.1) is 18.6 Å². The SMILES string of the molecule is Cn1cccc1CNC(=O)[C@@H]1CC2C3CCc4cc(OCc5ccccc5)ccc4C3CC[C@]2(C)[C@H]1O. The van der Waals surface area contributed by atoms with Crippen molar-refractivity contribution in [1.82, 2.24) is 9.88 Å². The molecular formula is C32H38N2O3. The molecule has 194 valence electrons. The monoisotopic (exact) mass is 498 g/mol. The summed E-state index contributed by atoms with van der Waals surface area (Å²) in [4.78, 5) is 13.2. The molecule has 2 N–H and O–H groups in total. The molecule has 0 spiro atoms. The van der Waals surface area contributed by atoms with Crippen molar-refractivity contribution in [3.05, 3.63) is 89.2 Å². The van der Waals surface area contributed by atoms with Gasteiger partial charge in [0.2, 0.25) is 5.91 Å². The van der Waals surface area contributed by atoms with Gasteiger partial charge in [-0.05, 0) is 96.2 Å². The highest BCUT2D eigenvalue weighted by atomic mass is 16.5. The number of aliphatic hydroxyl groups is 1. The Morgan fingerprint density at radius 3 is 2.76 bits per heavy atom. The van der Waals surface area contributed by atoms with Crippen LogP contribution < -0.4 is 10.1 Å². The summed E-state index contributed by atoms with van der Waals surface area (Å²) in [5.74, 6) is 1.99. The smallest absolute Gasteiger partial charge is 0.226 e. The van der Waals surface area contributed by atoms with Gasteiger partial charge in [0.25, 0.3) is 0 Å². The quantitative estimate of drug-likeness (QED) is 0.481. The van der Waals surface area contributed by atoms with E-state index in [9.17, 15) is 9.90 Å². The van der Waals surface area contributed by atoms with Gasteiger partial charge in [-0.25, -0.2) is 0 Å². The van der Waals surface area contributed by atoms with Crippen molar-refractivity contribution in [1.29, 1.82) is 0 Å². The molecule has 2 aromatic carbocycles. The minimum Gasteiger partial charge on any atom is -0.489 e. The van der Waals surface area contributed by atoms with Gasteiger partial charge in [-0.2, -0.15) is 0 Å². The summed E-state index contributed by atoms with van der Waals surface area (Å²) in [5, 5.41) is 14.5. The minimum absolute atomic E-state index is 0.00251. The van der Waals surface area contributed by atoms with Crippen LogP contribution in [0, 0.1) is 23.2 Å². The minimum atomic E-state index is -0.581. The number of amides is 1. The third kappa shape index (κ3) is 4.37. The second-order valence-electron chi connectivity index (χ2n) is 11.7. The van der Waals surface area contributed by atoms with Crippen LogP contribution in [0.15, 0.2) is 66.9 Å². The van der Waals surface area contributed by atoms with Gasteiger partial charge in [0.15, 0.2) is 0 Å². The summed E-state index contributed by atoms with van der Waals surface area (Å²) in [6.45, 7) is 3.32. The van der Waals surface area contributed by atoms with Gasteiger partial charge in [0, 0.05) is 18.9 Å². The van der Waals surface area contributed by atoms with Crippen molar-refractivity contribution in [2.45, 2.75) is 64.2 Å². The van der Waals surface area contributed by atoms with E-state index in [1.54, 1.807) is 0 Å². The first-order chi connectivity index (χ1) is 17.9. The molecule has 1 amide bonds. The number of carbonyl (C=O) groups excluding carboxylic acids is 1. The zero-order chi connectivity index (χ0) is 25.6. The predicted molar refractivity (Wildman–Crippen MR) is 144 cm³/mol. The number of aromatic nitrogens is 1. The molecule has 1 aromatic heterocycles. The molecular weight excluding hydrogens is 460 g/mol. The van der Waals surface area contributed by atoms with E-state index < -0.39 is 6.10 Å². The Morgan fingerprint density at radius 2 is 1.97 bits per heavy atom. The van der Waals surface area contributed by atoms with Crippen molar-refractivity contribution in [2.24, 2.45) is 30.2 Å². The summed E-state index contributed by atoms with van der Waals surface area (Å²) in [5.41, 5.74) is 4.92. The first-order valence-electron chi connectivity index (χ1n) is 13.8. The maximum atomic E-state index is 13.2. The maximum Gasteiger partial charge on any atom is 0.226 e. The molecule has 2 saturated carbocycles. The average molecular weight is 499 g/mol. The number of ether oxygens (including phenoxy) is 1. The normalized spacial score (nSPS) is 30.2. The van der Waals surface area contributed by atoms with Crippen molar-refractivity contribution < 1.29 is 14.6 Å². The highest BCUT2D eigenvalue weighted by Gasteiger charge is 2.59. The van der Waals surface area contributed by atoms with Crippen LogP contribution in [-0.4, -0.2) is 21.7 Å².